The van der Waals surface area contributed by atoms with Gasteiger partial charge in [0, 0.05) is 23.4 Å². The third-order valence-electron chi connectivity index (χ3n) is 2.19. The van der Waals surface area contributed by atoms with Gasteiger partial charge in [-0.3, -0.25) is 0 Å². The molecule has 0 bridgehead atoms. The standard InChI is InChI=1S/C9H14ClNOS/c1-2-6(5-12)9(11)7-3-4-8(10)13-7/h3-4,6,9,12H,2,5,11H2,1H3. The van der Waals surface area contributed by atoms with E-state index in [2.05, 4.69) is 0 Å². The van der Waals surface area contributed by atoms with Gasteiger partial charge in [-0.25, -0.2) is 0 Å². The molecule has 0 aromatic carbocycles. The second-order valence-corrected chi connectivity index (χ2v) is 4.77. The number of halogens is 1. The van der Waals surface area contributed by atoms with Crippen molar-refractivity contribution in [2.45, 2.75) is 19.4 Å². The normalized spacial score (nSPS) is 15.7. The Morgan fingerprint density at radius 1 is 1.62 bits per heavy atom. The first-order chi connectivity index (χ1) is 6.19. The molecule has 0 fully saturated rings. The van der Waals surface area contributed by atoms with Crippen molar-refractivity contribution in [3.63, 3.8) is 0 Å². The number of hydrogen-bond donors (Lipinski definition) is 2. The largest absolute Gasteiger partial charge is 0.396 e. The molecule has 1 heterocycles. The molecule has 4 heteroatoms. The molecule has 13 heavy (non-hydrogen) atoms. The number of rotatable bonds is 4. The minimum absolute atomic E-state index is 0.0903. The number of hydrogen-bond acceptors (Lipinski definition) is 3. The summed E-state index contributed by atoms with van der Waals surface area (Å²) >= 11 is 7.28. The first-order valence-electron chi connectivity index (χ1n) is 4.30. The van der Waals surface area contributed by atoms with Gasteiger partial charge in [-0.05, 0) is 18.6 Å². The molecule has 0 aliphatic rings. The van der Waals surface area contributed by atoms with Crippen LogP contribution in [0.25, 0.3) is 0 Å². The van der Waals surface area contributed by atoms with Crippen molar-refractivity contribution < 1.29 is 5.11 Å². The van der Waals surface area contributed by atoms with E-state index in [9.17, 15) is 0 Å². The van der Waals surface area contributed by atoms with Gasteiger partial charge < -0.3 is 10.8 Å². The van der Waals surface area contributed by atoms with Crippen LogP contribution >= 0.6 is 22.9 Å². The summed E-state index contributed by atoms with van der Waals surface area (Å²) in [5.41, 5.74) is 5.97. The minimum Gasteiger partial charge on any atom is -0.396 e. The first-order valence-corrected chi connectivity index (χ1v) is 5.50. The van der Waals surface area contributed by atoms with Gasteiger partial charge in [0.25, 0.3) is 0 Å². The summed E-state index contributed by atoms with van der Waals surface area (Å²) < 4.78 is 0.748. The van der Waals surface area contributed by atoms with Gasteiger partial charge in [-0.1, -0.05) is 18.5 Å². The predicted molar refractivity (Wildman–Crippen MR) is 57.1 cm³/mol. The Balaban J connectivity index is 2.71. The van der Waals surface area contributed by atoms with Crippen molar-refractivity contribution in [2.24, 2.45) is 11.7 Å². The lowest BCUT2D eigenvalue weighted by Crippen LogP contribution is -2.22. The Kier molecular flexibility index (Phi) is 4.19. The van der Waals surface area contributed by atoms with E-state index in [1.807, 2.05) is 19.1 Å². The van der Waals surface area contributed by atoms with Crippen molar-refractivity contribution >= 4 is 22.9 Å². The second-order valence-electron chi connectivity index (χ2n) is 3.02. The monoisotopic (exact) mass is 219 g/mol. The van der Waals surface area contributed by atoms with Gasteiger partial charge in [0.2, 0.25) is 0 Å². The Bertz CT molecular complexity index is 260. The molecule has 1 aromatic rings. The molecular weight excluding hydrogens is 206 g/mol. The Morgan fingerprint density at radius 2 is 2.31 bits per heavy atom. The number of aliphatic hydroxyl groups is 1. The molecular formula is C9H14ClNOS. The molecule has 74 valence electrons. The SMILES string of the molecule is CCC(CO)C(N)c1ccc(Cl)s1. The molecule has 0 amide bonds. The van der Waals surface area contributed by atoms with Crippen LogP contribution in [-0.2, 0) is 0 Å². The van der Waals surface area contributed by atoms with E-state index >= 15 is 0 Å². The van der Waals surface area contributed by atoms with Crippen molar-refractivity contribution in [3.05, 3.63) is 21.3 Å². The Labute approximate surface area is 87.3 Å². The predicted octanol–water partition coefficient (Wildman–Crippen LogP) is 2.42. The van der Waals surface area contributed by atoms with Crippen LogP contribution in [0.3, 0.4) is 0 Å². The summed E-state index contributed by atoms with van der Waals surface area (Å²) in [6.07, 6.45) is 0.882. The van der Waals surface area contributed by atoms with Gasteiger partial charge in [0.1, 0.15) is 0 Å². The summed E-state index contributed by atoms with van der Waals surface area (Å²) in [6.45, 7) is 2.16. The van der Waals surface area contributed by atoms with Gasteiger partial charge in [-0.2, -0.15) is 0 Å². The van der Waals surface area contributed by atoms with E-state index < -0.39 is 0 Å². The summed E-state index contributed by atoms with van der Waals surface area (Å²) in [6, 6.07) is 3.68. The average molecular weight is 220 g/mol. The van der Waals surface area contributed by atoms with Gasteiger partial charge >= 0.3 is 0 Å². The maximum Gasteiger partial charge on any atom is 0.0931 e. The number of aliphatic hydroxyl groups excluding tert-OH is 1. The quantitative estimate of drug-likeness (QED) is 0.817. The molecule has 0 aliphatic heterocycles. The molecule has 0 saturated carbocycles. The fourth-order valence-corrected chi connectivity index (χ4v) is 2.39. The van der Waals surface area contributed by atoms with Gasteiger partial charge in [0.15, 0.2) is 0 Å². The molecule has 1 aromatic heterocycles. The molecule has 0 radical (unpaired) electrons. The number of nitrogens with two attached hydrogens (primary N) is 1. The highest BCUT2D eigenvalue weighted by Crippen LogP contribution is 2.30. The highest BCUT2D eigenvalue weighted by molar-refractivity contribution is 7.16. The lowest BCUT2D eigenvalue weighted by atomic mass is 9.97. The summed E-state index contributed by atoms with van der Waals surface area (Å²) in [5, 5.41) is 9.06. The van der Waals surface area contributed by atoms with Gasteiger partial charge in [0.05, 0.1) is 4.34 Å². The van der Waals surface area contributed by atoms with E-state index in [0.717, 1.165) is 15.6 Å². The maximum absolute atomic E-state index is 9.06. The van der Waals surface area contributed by atoms with Crippen LogP contribution in [0.5, 0.6) is 0 Å². The highest BCUT2D eigenvalue weighted by Gasteiger charge is 2.18. The minimum atomic E-state index is -0.0903. The molecule has 1 rings (SSSR count). The zero-order chi connectivity index (χ0) is 9.84. The van der Waals surface area contributed by atoms with Crippen molar-refractivity contribution in [2.75, 3.05) is 6.61 Å². The molecule has 2 unspecified atom stereocenters. The fraction of sp³-hybridized carbons (Fsp3) is 0.556. The van der Waals surface area contributed by atoms with E-state index in [1.165, 1.54) is 11.3 Å². The number of thiophene rings is 1. The van der Waals surface area contributed by atoms with Crippen molar-refractivity contribution in [1.82, 2.24) is 0 Å². The lowest BCUT2D eigenvalue weighted by Gasteiger charge is -2.18. The zero-order valence-electron chi connectivity index (χ0n) is 7.53. The van der Waals surface area contributed by atoms with E-state index in [1.54, 1.807) is 0 Å². The molecule has 2 nitrogen and oxygen atoms in total. The summed E-state index contributed by atoms with van der Waals surface area (Å²) in [4.78, 5) is 1.05. The van der Waals surface area contributed by atoms with Crippen molar-refractivity contribution in [3.8, 4) is 0 Å². The van der Waals surface area contributed by atoms with Crippen LogP contribution in [0.2, 0.25) is 4.34 Å². The lowest BCUT2D eigenvalue weighted by molar-refractivity contribution is 0.202. The third-order valence-corrected chi connectivity index (χ3v) is 3.52. The van der Waals surface area contributed by atoms with Crippen LogP contribution in [-0.4, -0.2) is 11.7 Å². The Hall–Kier alpha value is -0.0900. The average Bonchev–Trinajstić information content (AvgIpc) is 2.54. The molecule has 0 spiro atoms. The van der Waals surface area contributed by atoms with Crippen LogP contribution in [0, 0.1) is 5.92 Å². The van der Waals surface area contributed by atoms with Gasteiger partial charge in [-0.15, -0.1) is 11.3 Å². The van der Waals surface area contributed by atoms with E-state index in [4.69, 9.17) is 22.4 Å². The van der Waals surface area contributed by atoms with E-state index in [-0.39, 0.29) is 18.6 Å². The van der Waals surface area contributed by atoms with E-state index in [0.29, 0.717) is 0 Å². The van der Waals surface area contributed by atoms with Crippen LogP contribution in [0.15, 0.2) is 12.1 Å². The first kappa shape index (κ1) is 11.0. The smallest absolute Gasteiger partial charge is 0.0931 e. The van der Waals surface area contributed by atoms with Crippen LogP contribution in [0.1, 0.15) is 24.3 Å². The maximum atomic E-state index is 9.06. The Morgan fingerprint density at radius 3 is 2.69 bits per heavy atom. The topological polar surface area (TPSA) is 46.2 Å². The molecule has 0 aliphatic carbocycles. The molecule has 2 atom stereocenters. The summed E-state index contributed by atoms with van der Waals surface area (Å²) in [5.74, 6) is 0.134. The third kappa shape index (κ3) is 2.68. The molecule has 0 saturated heterocycles. The molecule has 3 N–H and O–H groups in total. The van der Waals surface area contributed by atoms with Crippen molar-refractivity contribution in [1.29, 1.82) is 0 Å². The fourth-order valence-electron chi connectivity index (χ4n) is 1.24. The summed E-state index contributed by atoms with van der Waals surface area (Å²) in [7, 11) is 0. The van der Waals surface area contributed by atoms with Crippen LogP contribution in [0.4, 0.5) is 0 Å². The highest BCUT2D eigenvalue weighted by atomic mass is 35.5. The van der Waals surface area contributed by atoms with Crippen LogP contribution < -0.4 is 5.73 Å². The second kappa shape index (κ2) is 4.96. The zero-order valence-corrected chi connectivity index (χ0v) is 9.11.